The number of anilines is 2. The number of carbonyl (C=O) groups is 1. The predicted octanol–water partition coefficient (Wildman–Crippen LogP) is 8.07. The summed E-state index contributed by atoms with van der Waals surface area (Å²) in [7, 11) is 3.16. The molecule has 42 heavy (non-hydrogen) atoms. The number of methoxy groups -OCH3 is 2. The predicted molar refractivity (Wildman–Crippen MR) is 168 cm³/mol. The number of carbonyl (C=O) groups excluding carboxylic acids is 1. The molecular weight excluding hydrogens is 542 g/mol. The topological polar surface area (TPSA) is 75.5 Å². The Labute approximate surface area is 250 Å². The maximum Gasteiger partial charge on any atom is 0.241 e. The molecule has 4 aromatic carbocycles. The number of ether oxygens (including phenoxy) is 2. The van der Waals surface area contributed by atoms with Gasteiger partial charge >= 0.3 is 0 Å². The molecule has 0 aliphatic carbocycles. The first-order valence-electron chi connectivity index (χ1n) is 13.3. The molecule has 0 aliphatic heterocycles. The third kappa shape index (κ3) is 6.14. The summed E-state index contributed by atoms with van der Waals surface area (Å²) in [6, 6.07) is 37.0. The van der Waals surface area contributed by atoms with Crippen LogP contribution in [0.5, 0.6) is 11.5 Å². The Balaban J connectivity index is 1.57. The Hall–Kier alpha value is -5.06. The minimum atomic E-state index is -0.128. The van der Waals surface area contributed by atoms with Gasteiger partial charge in [0.2, 0.25) is 5.91 Å². The summed E-state index contributed by atoms with van der Waals surface area (Å²) in [6.07, 6.45) is 0. The van der Waals surface area contributed by atoms with Gasteiger partial charge in [-0.3, -0.25) is 9.69 Å². The fourth-order valence-corrected chi connectivity index (χ4v) is 5.48. The number of pyridine rings is 1. The van der Waals surface area contributed by atoms with Gasteiger partial charge in [-0.05, 0) is 55.0 Å². The quantitative estimate of drug-likeness (QED) is 0.167. The van der Waals surface area contributed by atoms with Gasteiger partial charge in [-0.1, -0.05) is 84.1 Å². The first kappa shape index (κ1) is 28.5. The lowest BCUT2D eigenvalue weighted by Gasteiger charge is -2.23. The van der Waals surface area contributed by atoms with E-state index in [1.807, 2.05) is 116 Å². The number of thioether (sulfide) groups is 1. The number of nitrogens with zero attached hydrogens (tertiary/aromatic N) is 3. The van der Waals surface area contributed by atoms with Crippen LogP contribution in [0, 0.1) is 18.3 Å². The number of nitriles is 1. The minimum absolute atomic E-state index is 0.0776. The molecule has 0 aliphatic rings. The second kappa shape index (κ2) is 13.1. The number of hydrogen-bond donors (Lipinski definition) is 0. The lowest BCUT2D eigenvalue weighted by molar-refractivity contribution is -0.115. The van der Waals surface area contributed by atoms with E-state index in [9.17, 15) is 10.1 Å². The zero-order valence-electron chi connectivity index (χ0n) is 23.6. The molecule has 0 radical (unpaired) electrons. The molecule has 0 saturated carbocycles. The van der Waals surface area contributed by atoms with Crippen LogP contribution in [0.4, 0.5) is 11.4 Å². The molecule has 0 saturated heterocycles. The SMILES string of the molecule is COc1ccc(-c2cc(-c3ccc(C)cc3)nc(SCC(=O)N(c3ccccc3)c3ccccc3)c2C#N)cc1OC. The molecular formula is C35H29N3O3S. The van der Waals surface area contributed by atoms with Crippen LogP contribution in [0.15, 0.2) is 114 Å². The summed E-state index contributed by atoms with van der Waals surface area (Å²) in [4.78, 5) is 20.4. The van der Waals surface area contributed by atoms with E-state index in [0.717, 1.165) is 28.1 Å². The maximum absolute atomic E-state index is 13.8. The third-order valence-corrected chi connectivity index (χ3v) is 7.71. The van der Waals surface area contributed by atoms with Gasteiger partial charge in [0.25, 0.3) is 0 Å². The molecule has 6 nitrogen and oxygen atoms in total. The number of aromatic nitrogens is 1. The first-order chi connectivity index (χ1) is 20.5. The Morgan fingerprint density at radius 2 is 1.40 bits per heavy atom. The summed E-state index contributed by atoms with van der Waals surface area (Å²) in [5.74, 6) is 1.10. The smallest absolute Gasteiger partial charge is 0.241 e. The molecule has 0 unspecified atom stereocenters. The van der Waals surface area contributed by atoms with Gasteiger partial charge in [-0.2, -0.15) is 5.26 Å². The molecule has 1 amide bonds. The van der Waals surface area contributed by atoms with Gasteiger partial charge in [-0.25, -0.2) is 4.98 Å². The Kier molecular flexibility index (Phi) is 8.86. The van der Waals surface area contributed by atoms with Crippen molar-refractivity contribution in [2.75, 3.05) is 24.9 Å². The average Bonchev–Trinajstić information content (AvgIpc) is 3.04. The molecule has 5 rings (SSSR count). The Bertz CT molecular complexity index is 1690. The van der Waals surface area contributed by atoms with Crippen molar-refractivity contribution in [2.45, 2.75) is 11.9 Å². The van der Waals surface area contributed by atoms with Crippen molar-refractivity contribution in [3.05, 3.63) is 120 Å². The van der Waals surface area contributed by atoms with Gasteiger partial charge in [0.15, 0.2) is 11.5 Å². The molecule has 0 atom stereocenters. The van der Waals surface area contributed by atoms with Crippen molar-refractivity contribution in [1.29, 1.82) is 5.26 Å². The highest BCUT2D eigenvalue weighted by Crippen LogP contribution is 2.38. The number of aryl methyl sites for hydroxylation is 1. The second-order valence-corrected chi connectivity index (χ2v) is 10.4. The lowest BCUT2D eigenvalue weighted by Crippen LogP contribution is -2.27. The molecule has 0 bridgehead atoms. The third-order valence-electron chi connectivity index (χ3n) is 6.75. The van der Waals surface area contributed by atoms with Crippen LogP contribution in [0.1, 0.15) is 11.1 Å². The van der Waals surface area contributed by atoms with Gasteiger partial charge in [0.05, 0.1) is 31.2 Å². The highest BCUT2D eigenvalue weighted by molar-refractivity contribution is 8.00. The van der Waals surface area contributed by atoms with Crippen molar-refractivity contribution < 1.29 is 14.3 Å². The Morgan fingerprint density at radius 1 is 0.810 bits per heavy atom. The van der Waals surface area contributed by atoms with Gasteiger partial charge in [0.1, 0.15) is 11.1 Å². The Morgan fingerprint density at radius 3 is 1.98 bits per heavy atom. The van der Waals surface area contributed by atoms with Crippen LogP contribution in [0.25, 0.3) is 22.4 Å². The van der Waals surface area contributed by atoms with Crippen LogP contribution in [-0.4, -0.2) is 30.9 Å². The highest BCUT2D eigenvalue weighted by atomic mass is 32.2. The van der Waals surface area contributed by atoms with E-state index in [-0.39, 0.29) is 11.7 Å². The molecule has 0 fully saturated rings. The molecule has 1 heterocycles. The van der Waals surface area contributed by atoms with Crippen molar-refractivity contribution in [3.8, 4) is 40.0 Å². The van der Waals surface area contributed by atoms with Crippen molar-refractivity contribution in [3.63, 3.8) is 0 Å². The monoisotopic (exact) mass is 571 g/mol. The van der Waals surface area contributed by atoms with Crippen LogP contribution < -0.4 is 14.4 Å². The van der Waals surface area contributed by atoms with E-state index in [0.29, 0.717) is 33.3 Å². The van der Waals surface area contributed by atoms with E-state index in [4.69, 9.17) is 14.5 Å². The van der Waals surface area contributed by atoms with Crippen LogP contribution >= 0.6 is 11.8 Å². The number of hydrogen-bond acceptors (Lipinski definition) is 6. The van der Waals surface area contributed by atoms with Crippen LogP contribution in [0.3, 0.4) is 0 Å². The van der Waals surface area contributed by atoms with E-state index in [2.05, 4.69) is 6.07 Å². The summed E-state index contributed by atoms with van der Waals surface area (Å²) in [5.41, 5.74) is 6.15. The molecule has 208 valence electrons. The number of para-hydroxylation sites is 2. The van der Waals surface area contributed by atoms with E-state index < -0.39 is 0 Å². The molecule has 0 N–H and O–H groups in total. The van der Waals surface area contributed by atoms with Crippen LogP contribution in [-0.2, 0) is 4.79 Å². The zero-order chi connectivity index (χ0) is 29.5. The number of rotatable bonds is 9. The summed E-state index contributed by atoms with van der Waals surface area (Å²) < 4.78 is 11.0. The fourth-order valence-electron chi connectivity index (χ4n) is 4.62. The molecule has 1 aromatic heterocycles. The van der Waals surface area contributed by atoms with E-state index in [1.165, 1.54) is 11.8 Å². The van der Waals surface area contributed by atoms with E-state index >= 15 is 0 Å². The summed E-state index contributed by atoms with van der Waals surface area (Å²) in [5, 5.41) is 10.8. The van der Waals surface area contributed by atoms with Crippen molar-refractivity contribution in [2.24, 2.45) is 0 Å². The molecule has 7 heteroatoms. The highest BCUT2D eigenvalue weighted by Gasteiger charge is 2.22. The van der Waals surface area contributed by atoms with Crippen molar-refractivity contribution in [1.82, 2.24) is 4.98 Å². The van der Waals surface area contributed by atoms with E-state index in [1.54, 1.807) is 19.1 Å². The lowest BCUT2D eigenvalue weighted by atomic mass is 9.98. The van der Waals surface area contributed by atoms with Gasteiger partial charge in [0, 0.05) is 22.5 Å². The number of benzene rings is 4. The normalized spacial score (nSPS) is 10.5. The molecule has 5 aromatic rings. The maximum atomic E-state index is 13.8. The fraction of sp³-hybridized carbons (Fsp3) is 0.114. The second-order valence-electron chi connectivity index (χ2n) is 9.47. The summed E-state index contributed by atoms with van der Waals surface area (Å²) >= 11 is 1.26. The molecule has 0 spiro atoms. The first-order valence-corrected chi connectivity index (χ1v) is 14.3. The van der Waals surface area contributed by atoms with Gasteiger partial charge in [-0.15, -0.1) is 0 Å². The number of amides is 1. The standard InChI is InChI=1S/C35H29N3O3S/c1-24-14-16-25(17-15-24)31-21-29(26-18-19-32(40-2)33(20-26)41-3)30(22-36)35(37-31)42-23-34(39)38(27-10-6-4-7-11-27)28-12-8-5-9-13-28/h4-21H,23H2,1-3H3. The summed E-state index contributed by atoms with van der Waals surface area (Å²) in [6.45, 7) is 2.03. The van der Waals surface area contributed by atoms with Gasteiger partial charge < -0.3 is 9.47 Å². The van der Waals surface area contributed by atoms with Crippen LogP contribution in [0.2, 0.25) is 0 Å². The average molecular weight is 572 g/mol. The minimum Gasteiger partial charge on any atom is -0.493 e. The largest absolute Gasteiger partial charge is 0.493 e. The zero-order valence-corrected chi connectivity index (χ0v) is 24.4. The van der Waals surface area contributed by atoms with Crippen molar-refractivity contribution >= 4 is 29.0 Å².